The van der Waals surface area contributed by atoms with E-state index in [1.54, 1.807) is 6.20 Å². The normalized spacial score (nSPS) is 16.8. The van der Waals surface area contributed by atoms with E-state index in [0.29, 0.717) is 23.9 Å². The van der Waals surface area contributed by atoms with E-state index in [-0.39, 0.29) is 6.04 Å². The molecule has 1 fully saturated rings. The molecule has 3 rings (SSSR count). The number of carbonyl (C=O) groups is 1. The van der Waals surface area contributed by atoms with Crippen LogP contribution in [0.25, 0.3) is 0 Å². The predicted molar refractivity (Wildman–Crippen MR) is 101 cm³/mol. The van der Waals surface area contributed by atoms with Crippen molar-refractivity contribution in [1.29, 1.82) is 0 Å². The lowest BCUT2D eigenvalue weighted by atomic mass is 10.2. The average Bonchev–Trinajstić information content (AvgIpc) is 2.64. The molecule has 2 heterocycles. The van der Waals surface area contributed by atoms with Crippen LogP contribution in [0.5, 0.6) is 5.75 Å². The monoisotopic (exact) mass is 356 g/mol. The van der Waals surface area contributed by atoms with Gasteiger partial charge in [0.2, 0.25) is 0 Å². The summed E-state index contributed by atoms with van der Waals surface area (Å²) in [7, 11) is 0. The van der Waals surface area contributed by atoms with Gasteiger partial charge in [-0.3, -0.25) is 10.3 Å². The van der Waals surface area contributed by atoms with Crippen LogP contribution in [0.15, 0.2) is 30.6 Å². The van der Waals surface area contributed by atoms with Gasteiger partial charge in [0.15, 0.2) is 5.82 Å². The number of nitrogens with one attached hydrogen (secondary N) is 4. The fourth-order valence-corrected chi connectivity index (χ4v) is 2.62. The molecule has 8 nitrogen and oxygen atoms in total. The van der Waals surface area contributed by atoms with Crippen LogP contribution < -0.4 is 26.0 Å². The summed E-state index contributed by atoms with van der Waals surface area (Å²) >= 11 is 0. The first kappa shape index (κ1) is 18.1. The third-order valence-electron chi connectivity index (χ3n) is 3.97. The van der Waals surface area contributed by atoms with Gasteiger partial charge in [-0.25, -0.2) is 9.78 Å². The molecule has 1 aliphatic heterocycles. The van der Waals surface area contributed by atoms with E-state index >= 15 is 0 Å². The van der Waals surface area contributed by atoms with Crippen LogP contribution in [-0.4, -0.2) is 48.3 Å². The summed E-state index contributed by atoms with van der Waals surface area (Å²) in [5.41, 5.74) is 2.43. The van der Waals surface area contributed by atoms with E-state index in [9.17, 15) is 4.79 Å². The molecule has 1 saturated heterocycles. The standard InChI is InChI=1S/C18H24N6O2/c1-12-3-4-16(26-11-14-9-19-5-6-20-14)15(7-12)23-18(25)24-17-10-21-13(2)8-22-17/h3-4,7-8,10,14,19-20H,5-6,9,11H2,1-2H3,(H2,22,23,24,25). The lowest BCUT2D eigenvalue weighted by Crippen LogP contribution is -2.51. The van der Waals surface area contributed by atoms with Crippen molar-refractivity contribution >= 4 is 17.5 Å². The predicted octanol–water partition coefficient (Wildman–Crippen LogP) is 1.68. The lowest BCUT2D eigenvalue weighted by Gasteiger charge is -2.25. The second-order valence-electron chi connectivity index (χ2n) is 6.29. The molecule has 2 amide bonds. The Bertz CT molecular complexity index is 744. The van der Waals surface area contributed by atoms with E-state index in [4.69, 9.17) is 4.74 Å². The van der Waals surface area contributed by atoms with E-state index in [1.165, 1.54) is 6.20 Å². The first-order valence-electron chi connectivity index (χ1n) is 8.64. The molecule has 0 aliphatic carbocycles. The highest BCUT2D eigenvalue weighted by Crippen LogP contribution is 2.26. The fourth-order valence-electron chi connectivity index (χ4n) is 2.62. The molecule has 2 aromatic rings. The van der Waals surface area contributed by atoms with Crippen molar-refractivity contribution in [2.75, 3.05) is 36.9 Å². The number of aryl methyl sites for hydroxylation is 2. The van der Waals surface area contributed by atoms with Gasteiger partial charge < -0.3 is 20.7 Å². The lowest BCUT2D eigenvalue weighted by molar-refractivity contribution is 0.247. The van der Waals surface area contributed by atoms with E-state index in [0.717, 1.165) is 30.9 Å². The van der Waals surface area contributed by atoms with Crippen molar-refractivity contribution in [2.45, 2.75) is 19.9 Å². The molecule has 1 unspecified atom stereocenters. The second-order valence-corrected chi connectivity index (χ2v) is 6.29. The Kier molecular flexibility index (Phi) is 5.98. The molecule has 0 radical (unpaired) electrons. The summed E-state index contributed by atoms with van der Waals surface area (Å²) in [4.78, 5) is 20.5. The van der Waals surface area contributed by atoms with Crippen molar-refractivity contribution in [3.05, 3.63) is 41.9 Å². The number of hydrogen-bond acceptors (Lipinski definition) is 6. The van der Waals surface area contributed by atoms with Crippen molar-refractivity contribution in [3.8, 4) is 5.75 Å². The molecule has 8 heteroatoms. The van der Waals surface area contributed by atoms with Gasteiger partial charge in [-0.15, -0.1) is 0 Å². The average molecular weight is 356 g/mol. The van der Waals surface area contributed by atoms with Crippen LogP contribution in [0, 0.1) is 13.8 Å². The summed E-state index contributed by atoms with van der Waals surface area (Å²) in [5.74, 6) is 1.02. The Balaban J connectivity index is 1.62. The largest absolute Gasteiger partial charge is 0.490 e. The maximum absolute atomic E-state index is 12.3. The number of hydrogen-bond donors (Lipinski definition) is 4. The fraction of sp³-hybridized carbons (Fsp3) is 0.389. The van der Waals surface area contributed by atoms with Crippen molar-refractivity contribution in [3.63, 3.8) is 0 Å². The SMILES string of the molecule is Cc1ccc(OCC2CNCCN2)c(NC(=O)Nc2cnc(C)cn2)c1. The van der Waals surface area contributed by atoms with Crippen molar-refractivity contribution in [2.24, 2.45) is 0 Å². The molecular weight excluding hydrogens is 332 g/mol. The zero-order valence-corrected chi connectivity index (χ0v) is 15.0. The number of benzene rings is 1. The van der Waals surface area contributed by atoms with E-state index in [1.807, 2.05) is 32.0 Å². The number of ether oxygens (including phenoxy) is 1. The molecule has 1 atom stereocenters. The van der Waals surface area contributed by atoms with Gasteiger partial charge in [-0.1, -0.05) is 6.07 Å². The van der Waals surface area contributed by atoms with Crippen LogP contribution in [0.4, 0.5) is 16.3 Å². The van der Waals surface area contributed by atoms with Crippen LogP contribution >= 0.6 is 0 Å². The Morgan fingerprint density at radius 3 is 2.85 bits per heavy atom. The molecule has 1 aromatic heterocycles. The third kappa shape index (κ3) is 5.14. The molecule has 0 bridgehead atoms. The summed E-state index contributed by atoms with van der Waals surface area (Å²) in [5, 5.41) is 12.2. The summed E-state index contributed by atoms with van der Waals surface area (Å²) < 4.78 is 5.93. The van der Waals surface area contributed by atoms with E-state index in [2.05, 4.69) is 31.2 Å². The zero-order chi connectivity index (χ0) is 18.4. The Morgan fingerprint density at radius 2 is 2.12 bits per heavy atom. The van der Waals surface area contributed by atoms with Crippen LogP contribution in [0.2, 0.25) is 0 Å². The maximum atomic E-state index is 12.3. The summed E-state index contributed by atoms with van der Waals surface area (Å²) in [6.45, 7) is 7.08. The topological polar surface area (TPSA) is 100 Å². The Morgan fingerprint density at radius 1 is 1.23 bits per heavy atom. The minimum absolute atomic E-state index is 0.245. The molecule has 1 aliphatic rings. The van der Waals surface area contributed by atoms with Crippen molar-refractivity contribution in [1.82, 2.24) is 20.6 Å². The molecule has 138 valence electrons. The van der Waals surface area contributed by atoms with Crippen LogP contribution in [-0.2, 0) is 0 Å². The highest BCUT2D eigenvalue weighted by atomic mass is 16.5. The number of carbonyl (C=O) groups excluding carboxylic acids is 1. The number of urea groups is 1. The highest BCUT2D eigenvalue weighted by molar-refractivity contribution is 6.00. The number of aromatic nitrogens is 2. The summed E-state index contributed by atoms with van der Waals surface area (Å²) in [6, 6.07) is 5.55. The maximum Gasteiger partial charge on any atom is 0.324 e. The number of amides is 2. The van der Waals surface area contributed by atoms with Gasteiger partial charge in [0.25, 0.3) is 0 Å². The third-order valence-corrected chi connectivity index (χ3v) is 3.97. The van der Waals surface area contributed by atoms with Gasteiger partial charge in [-0.2, -0.15) is 0 Å². The number of rotatable bonds is 5. The first-order valence-corrected chi connectivity index (χ1v) is 8.64. The van der Waals surface area contributed by atoms with Crippen molar-refractivity contribution < 1.29 is 9.53 Å². The molecular formula is C18H24N6O2. The van der Waals surface area contributed by atoms with Gasteiger partial charge in [0.05, 0.1) is 29.8 Å². The Hall–Kier alpha value is -2.71. The quantitative estimate of drug-likeness (QED) is 0.650. The minimum atomic E-state index is -0.393. The summed E-state index contributed by atoms with van der Waals surface area (Å²) in [6.07, 6.45) is 3.12. The number of anilines is 2. The highest BCUT2D eigenvalue weighted by Gasteiger charge is 2.15. The van der Waals surface area contributed by atoms with Crippen LogP contribution in [0.1, 0.15) is 11.3 Å². The Labute approximate surface area is 152 Å². The molecule has 4 N–H and O–H groups in total. The molecule has 1 aromatic carbocycles. The van der Waals surface area contributed by atoms with Crippen LogP contribution in [0.3, 0.4) is 0 Å². The second kappa shape index (κ2) is 8.59. The molecule has 0 saturated carbocycles. The van der Waals surface area contributed by atoms with E-state index < -0.39 is 6.03 Å². The van der Waals surface area contributed by atoms with Gasteiger partial charge in [0, 0.05) is 19.6 Å². The smallest absolute Gasteiger partial charge is 0.324 e. The number of piperazine rings is 1. The minimum Gasteiger partial charge on any atom is -0.490 e. The molecule has 0 spiro atoms. The first-order chi connectivity index (χ1) is 12.6. The number of nitrogens with zero attached hydrogens (tertiary/aromatic N) is 2. The van der Waals surface area contributed by atoms with Gasteiger partial charge >= 0.3 is 6.03 Å². The van der Waals surface area contributed by atoms with Gasteiger partial charge in [0.1, 0.15) is 12.4 Å². The zero-order valence-electron chi connectivity index (χ0n) is 15.0. The molecule has 26 heavy (non-hydrogen) atoms. The van der Waals surface area contributed by atoms with Gasteiger partial charge in [-0.05, 0) is 31.5 Å².